The van der Waals surface area contributed by atoms with Gasteiger partial charge in [0.15, 0.2) is 0 Å². The third kappa shape index (κ3) is 5.40. The van der Waals surface area contributed by atoms with E-state index >= 15 is 0 Å². The van der Waals surface area contributed by atoms with Gasteiger partial charge in [-0.2, -0.15) is 0 Å². The number of aromatic nitrogens is 1. The van der Waals surface area contributed by atoms with Crippen molar-refractivity contribution in [2.45, 2.75) is 26.1 Å². The monoisotopic (exact) mass is 373 g/mol. The molecule has 1 aromatic heterocycles. The Bertz CT molecular complexity index is 759. The number of amides is 1. The lowest BCUT2D eigenvalue weighted by molar-refractivity contribution is -0.133. The number of fused-ring (bicyclic) bond motifs is 1. The SMILES string of the molecule is CN(C)C(=O)COCC[C@H]1CN(Cc2ccccc2F)Cc2cccn2C1. The summed E-state index contributed by atoms with van der Waals surface area (Å²) in [5, 5.41) is 0. The molecule has 27 heavy (non-hydrogen) atoms. The number of rotatable bonds is 7. The zero-order valence-corrected chi connectivity index (χ0v) is 16.1. The van der Waals surface area contributed by atoms with Crippen LogP contribution in [-0.2, 0) is 29.2 Å². The Morgan fingerprint density at radius 3 is 2.81 bits per heavy atom. The van der Waals surface area contributed by atoms with E-state index < -0.39 is 0 Å². The van der Waals surface area contributed by atoms with Crippen LogP contribution in [-0.4, -0.2) is 54.1 Å². The summed E-state index contributed by atoms with van der Waals surface area (Å²) in [6, 6.07) is 11.2. The lowest BCUT2D eigenvalue weighted by atomic mass is 10.1. The maximum Gasteiger partial charge on any atom is 0.248 e. The van der Waals surface area contributed by atoms with Crippen LogP contribution < -0.4 is 0 Å². The fourth-order valence-electron chi connectivity index (χ4n) is 3.47. The highest BCUT2D eigenvalue weighted by Gasteiger charge is 2.22. The van der Waals surface area contributed by atoms with Crippen molar-refractivity contribution in [3.05, 3.63) is 59.7 Å². The fourth-order valence-corrected chi connectivity index (χ4v) is 3.47. The predicted molar refractivity (Wildman–Crippen MR) is 103 cm³/mol. The molecule has 146 valence electrons. The van der Waals surface area contributed by atoms with Crippen molar-refractivity contribution >= 4 is 5.91 Å². The highest BCUT2D eigenvalue weighted by Crippen LogP contribution is 2.22. The molecule has 0 radical (unpaired) electrons. The molecular formula is C21H28FN3O2. The van der Waals surface area contributed by atoms with Crippen LogP contribution in [0.25, 0.3) is 0 Å². The first kappa shape index (κ1) is 19.6. The second kappa shape index (κ2) is 9.15. The highest BCUT2D eigenvalue weighted by molar-refractivity contribution is 5.76. The maximum absolute atomic E-state index is 14.1. The van der Waals surface area contributed by atoms with E-state index in [0.29, 0.717) is 19.1 Å². The van der Waals surface area contributed by atoms with E-state index in [9.17, 15) is 9.18 Å². The first-order valence-electron chi connectivity index (χ1n) is 9.40. The number of likely N-dealkylation sites (N-methyl/N-ethyl adjacent to an activating group) is 1. The Labute approximate surface area is 160 Å². The number of nitrogens with zero attached hydrogens (tertiary/aromatic N) is 3. The van der Waals surface area contributed by atoms with Crippen LogP contribution in [0.1, 0.15) is 17.7 Å². The van der Waals surface area contributed by atoms with E-state index in [1.165, 1.54) is 16.7 Å². The van der Waals surface area contributed by atoms with Gasteiger partial charge in [-0.05, 0) is 30.5 Å². The van der Waals surface area contributed by atoms with Gasteiger partial charge in [0.25, 0.3) is 0 Å². The number of halogens is 1. The number of benzene rings is 1. The molecule has 0 saturated carbocycles. The Hall–Kier alpha value is -2.18. The zero-order valence-electron chi connectivity index (χ0n) is 16.1. The number of carbonyl (C=O) groups excluding carboxylic acids is 1. The second-order valence-corrected chi connectivity index (χ2v) is 7.41. The molecule has 0 aliphatic carbocycles. The van der Waals surface area contributed by atoms with Gasteiger partial charge >= 0.3 is 0 Å². The van der Waals surface area contributed by atoms with Crippen molar-refractivity contribution in [2.24, 2.45) is 5.92 Å². The molecular weight excluding hydrogens is 345 g/mol. The van der Waals surface area contributed by atoms with E-state index in [-0.39, 0.29) is 18.3 Å². The lowest BCUT2D eigenvalue weighted by Gasteiger charge is -2.24. The molecule has 0 fully saturated rings. The maximum atomic E-state index is 14.1. The number of hydrogen-bond donors (Lipinski definition) is 0. The summed E-state index contributed by atoms with van der Waals surface area (Å²) in [6.45, 7) is 3.86. The standard InChI is InChI=1S/C21H28FN3O2/c1-23(2)21(26)16-27-11-9-17-12-24(14-18-6-3-4-8-20(18)22)15-19-7-5-10-25(19)13-17/h3-8,10,17H,9,11-16H2,1-2H3/t17-/m0/s1. The van der Waals surface area contributed by atoms with Gasteiger partial charge in [-0.3, -0.25) is 9.69 Å². The molecule has 6 heteroatoms. The van der Waals surface area contributed by atoms with Crippen LogP contribution in [0.3, 0.4) is 0 Å². The molecule has 1 aliphatic heterocycles. The smallest absolute Gasteiger partial charge is 0.248 e. The van der Waals surface area contributed by atoms with Crippen LogP contribution in [0.4, 0.5) is 4.39 Å². The summed E-state index contributed by atoms with van der Waals surface area (Å²) in [5.41, 5.74) is 1.97. The van der Waals surface area contributed by atoms with Gasteiger partial charge in [-0.25, -0.2) is 4.39 Å². The van der Waals surface area contributed by atoms with Crippen molar-refractivity contribution < 1.29 is 13.9 Å². The summed E-state index contributed by atoms with van der Waals surface area (Å²) < 4.78 is 21.9. The molecule has 0 unspecified atom stereocenters. The topological polar surface area (TPSA) is 37.7 Å². The largest absolute Gasteiger partial charge is 0.372 e. The molecule has 0 N–H and O–H groups in total. The molecule has 1 aliphatic rings. The lowest BCUT2D eigenvalue weighted by Crippen LogP contribution is -2.29. The van der Waals surface area contributed by atoms with Crippen molar-refractivity contribution in [1.82, 2.24) is 14.4 Å². The predicted octanol–water partition coefficient (Wildman–Crippen LogP) is 2.75. The molecule has 5 nitrogen and oxygen atoms in total. The van der Waals surface area contributed by atoms with E-state index in [0.717, 1.165) is 31.6 Å². The van der Waals surface area contributed by atoms with Crippen LogP contribution in [0, 0.1) is 11.7 Å². The van der Waals surface area contributed by atoms with Gasteiger partial charge in [0.2, 0.25) is 5.91 Å². The van der Waals surface area contributed by atoms with Crippen LogP contribution >= 0.6 is 0 Å². The molecule has 1 amide bonds. The van der Waals surface area contributed by atoms with Gasteiger partial charge in [0.1, 0.15) is 12.4 Å². The minimum Gasteiger partial charge on any atom is -0.372 e. The fraction of sp³-hybridized carbons (Fsp3) is 0.476. The molecule has 2 aromatic rings. The Morgan fingerprint density at radius 2 is 2.04 bits per heavy atom. The van der Waals surface area contributed by atoms with Gasteiger partial charge in [0, 0.05) is 64.3 Å². The average molecular weight is 373 g/mol. The number of hydrogen-bond acceptors (Lipinski definition) is 3. The number of ether oxygens (including phenoxy) is 1. The van der Waals surface area contributed by atoms with Crippen molar-refractivity contribution in [3.8, 4) is 0 Å². The molecule has 0 bridgehead atoms. The third-order valence-electron chi connectivity index (χ3n) is 5.03. The third-order valence-corrected chi connectivity index (χ3v) is 5.03. The molecule has 2 heterocycles. The second-order valence-electron chi connectivity index (χ2n) is 7.41. The zero-order chi connectivity index (χ0) is 19.2. The van der Waals surface area contributed by atoms with Crippen LogP contribution in [0.5, 0.6) is 0 Å². The Morgan fingerprint density at radius 1 is 1.22 bits per heavy atom. The minimum atomic E-state index is -0.154. The first-order valence-corrected chi connectivity index (χ1v) is 9.40. The number of carbonyl (C=O) groups is 1. The minimum absolute atomic E-state index is 0.0234. The average Bonchev–Trinajstić information content (AvgIpc) is 2.99. The summed E-state index contributed by atoms with van der Waals surface area (Å²) in [6.07, 6.45) is 2.97. The first-order chi connectivity index (χ1) is 13.0. The molecule has 3 rings (SSSR count). The quantitative estimate of drug-likeness (QED) is 0.701. The van der Waals surface area contributed by atoms with Gasteiger partial charge < -0.3 is 14.2 Å². The summed E-state index contributed by atoms with van der Waals surface area (Å²) in [4.78, 5) is 15.5. The Balaban J connectivity index is 1.61. The molecule has 1 atom stereocenters. The molecule has 1 aromatic carbocycles. The van der Waals surface area contributed by atoms with Crippen molar-refractivity contribution in [3.63, 3.8) is 0 Å². The van der Waals surface area contributed by atoms with E-state index in [1.807, 2.05) is 12.1 Å². The van der Waals surface area contributed by atoms with E-state index in [2.05, 4.69) is 27.8 Å². The summed E-state index contributed by atoms with van der Waals surface area (Å²) >= 11 is 0. The normalized spacial score (nSPS) is 17.4. The van der Waals surface area contributed by atoms with Crippen molar-refractivity contribution in [2.75, 3.05) is 33.9 Å². The van der Waals surface area contributed by atoms with Crippen molar-refractivity contribution in [1.29, 1.82) is 0 Å². The van der Waals surface area contributed by atoms with Crippen LogP contribution in [0.15, 0.2) is 42.6 Å². The van der Waals surface area contributed by atoms with E-state index in [1.54, 1.807) is 20.2 Å². The van der Waals surface area contributed by atoms with E-state index in [4.69, 9.17) is 4.74 Å². The van der Waals surface area contributed by atoms with Crippen LogP contribution in [0.2, 0.25) is 0 Å². The molecule has 0 saturated heterocycles. The van der Waals surface area contributed by atoms with Gasteiger partial charge in [-0.15, -0.1) is 0 Å². The summed E-state index contributed by atoms with van der Waals surface area (Å²) in [7, 11) is 3.45. The van der Waals surface area contributed by atoms with Gasteiger partial charge in [-0.1, -0.05) is 18.2 Å². The summed E-state index contributed by atoms with van der Waals surface area (Å²) in [5.74, 6) is 0.212. The van der Waals surface area contributed by atoms with Gasteiger partial charge in [0.05, 0.1) is 0 Å². The molecule has 0 spiro atoms. The Kier molecular flexibility index (Phi) is 6.63. The highest BCUT2D eigenvalue weighted by atomic mass is 19.1.